The van der Waals surface area contributed by atoms with E-state index in [1.807, 2.05) is 37.4 Å². The van der Waals surface area contributed by atoms with Crippen molar-refractivity contribution in [3.05, 3.63) is 47.2 Å². The van der Waals surface area contributed by atoms with E-state index in [1.54, 1.807) is 0 Å². The molecular formula is C18H23N7. The van der Waals surface area contributed by atoms with Crippen molar-refractivity contribution in [2.45, 2.75) is 19.0 Å². The number of hydrogen-bond acceptors (Lipinski definition) is 7. The van der Waals surface area contributed by atoms with E-state index in [-0.39, 0.29) is 0 Å². The molecule has 0 spiro atoms. The van der Waals surface area contributed by atoms with Gasteiger partial charge >= 0.3 is 0 Å². The summed E-state index contributed by atoms with van der Waals surface area (Å²) in [6.45, 7) is 3.37. The first-order chi connectivity index (χ1) is 12.2. The molecule has 0 amide bonds. The molecule has 25 heavy (non-hydrogen) atoms. The first-order valence-corrected chi connectivity index (χ1v) is 8.43. The zero-order valence-corrected chi connectivity index (χ0v) is 14.4. The summed E-state index contributed by atoms with van der Waals surface area (Å²) in [6.07, 6.45) is 0.898. The van der Waals surface area contributed by atoms with Crippen molar-refractivity contribution in [1.82, 2.24) is 20.6 Å². The molecule has 130 valence electrons. The van der Waals surface area contributed by atoms with E-state index < -0.39 is 0 Å². The van der Waals surface area contributed by atoms with Crippen LogP contribution in [0.25, 0.3) is 0 Å². The second-order valence-electron chi connectivity index (χ2n) is 6.20. The summed E-state index contributed by atoms with van der Waals surface area (Å²) in [6, 6.07) is 12.3. The normalized spacial score (nSPS) is 14.2. The van der Waals surface area contributed by atoms with Gasteiger partial charge in [0.25, 0.3) is 0 Å². The first-order valence-electron chi connectivity index (χ1n) is 8.43. The number of rotatable bonds is 7. The number of nitrogen functional groups attached to an aromatic ring is 1. The van der Waals surface area contributed by atoms with Crippen LogP contribution < -0.4 is 21.3 Å². The molecule has 0 aliphatic carbocycles. The molecule has 1 aliphatic heterocycles. The van der Waals surface area contributed by atoms with E-state index in [0.29, 0.717) is 24.1 Å². The molecule has 1 fully saturated rings. The molecule has 1 saturated heterocycles. The lowest BCUT2D eigenvalue weighted by atomic mass is 10.1. The zero-order valence-electron chi connectivity index (χ0n) is 14.4. The van der Waals surface area contributed by atoms with E-state index >= 15 is 0 Å². The number of aromatic nitrogens is 2. The average Bonchev–Trinajstić information content (AvgIpc) is 2.58. The van der Waals surface area contributed by atoms with Crippen molar-refractivity contribution in [3.63, 3.8) is 0 Å². The van der Waals surface area contributed by atoms with Gasteiger partial charge in [-0.25, -0.2) is 4.98 Å². The summed E-state index contributed by atoms with van der Waals surface area (Å²) in [5.41, 5.74) is 8.63. The van der Waals surface area contributed by atoms with E-state index in [4.69, 9.17) is 11.0 Å². The van der Waals surface area contributed by atoms with Crippen molar-refractivity contribution in [2.24, 2.45) is 0 Å². The van der Waals surface area contributed by atoms with Crippen LogP contribution in [-0.4, -0.2) is 42.7 Å². The highest BCUT2D eigenvalue weighted by molar-refractivity contribution is 5.46. The minimum Gasteiger partial charge on any atom is -0.368 e. The fraction of sp³-hybridized carbons (Fsp3) is 0.389. The van der Waals surface area contributed by atoms with Gasteiger partial charge < -0.3 is 21.3 Å². The highest BCUT2D eigenvalue weighted by Gasteiger charge is 2.26. The van der Waals surface area contributed by atoms with Gasteiger partial charge in [0.15, 0.2) is 0 Å². The van der Waals surface area contributed by atoms with Gasteiger partial charge in [0.2, 0.25) is 5.95 Å². The predicted octanol–water partition coefficient (Wildman–Crippen LogP) is 0.671. The molecule has 1 aromatic heterocycles. The Morgan fingerprint density at radius 2 is 2.04 bits per heavy atom. The third kappa shape index (κ3) is 4.44. The molecule has 7 nitrogen and oxygen atoms in total. The smallest absolute Gasteiger partial charge is 0.222 e. The van der Waals surface area contributed by atoms with Gasteiger partial charge in [0.1, 0.15) is 5.82 Å². The molecule has 7 heteroatoms. The van der Waals surface area contributed by atoms with Crippen LogP contribution in [0.3, 0.4) is 0 Å². The lowest BCUT2D eigenvalue weighted by Gasteiger charge is -2.40. The molecule has 1 aliphatic rings. The average molecular weight is 337 g/mol. The Morgan fingerprint density at radius 3 is 2.72 bits per heavy atom. The molecule has 2 aromatic rings. The van der Waals surface area contributed by atoms with Crippen molar-refractivity contribution in [3.8, 4) is 6.07 Å². The van der Waals surface area contributed by atoms with Gasteiger partial charge in [-0.2, -0.15) is 10.2 Å². The maximum absolute atomic E-state index is 8.81. The summed E-state index contributed by atoms with van der Waals surface area (Å²) in [5, 5.41) is 15.4. The third-order valence-corrected chi connectivity index (χ3v) is 4.38. The van der Waals surface area contributed by atoms with Crippen molar-refractivity contribution >= 4 is 11.8 Å². The van der Waals surface area contributed by atoms with Gasteiger partial charge in [0, 0.05) is 31.7 Å². The number of nitrogens with two attached hydrogens (primary N) is 1. The van der Waals surface area contributed by atoms with E-state index in [1.165, 1.54) is 5.56 Å². The summed E-state index contributed by atoms with van der Waals surface area (Å²) >= 11 is 0. The van der Waals surface area contributed by atoms with Gasteiger partial charge in [-0.15, -0.1) is 0 Å². The van der Waals surface area contributed by atoms with E-state index in [2.05, 4.69) is 31.6 Å². The van der Waals surface area contributed by atoms with Crippen molar-refractivity contribution in [2.75, 3.05) is 37.3 Å². The van der Waals surface area contributed by atoms with Crippen molar-refractivity contribution < 1.29 is 0 Å². The number of nitriles is 1. The van der Waals surface area contributed by atoms with E-state index in [9.17, 15) is 0 Å². The number of anilines is 2. The molecular weight excluding hydrogens is 314 g/mol. The molecule has 1 aromatic carbocycles. The Bertz CT molecular complexity index is 745. The lowest BCUT2D eigenvalue weighted by molar-refractivity contribution is 0.447. The van der Waals surface area contributed by atoms with Gasteiger partial charge in [-0.1, -0.05) is 12.1 Å². The monoisotopic (exact) mass is 337 g/mol. The molecule has 2 heterocycles. The second-order valence-corrected chi connectivity index (χ2v) is 6.20. The van der Waals surface area contributed by atoms with Crippen LogP contribution in [-0.2, 0) is 13.0 Å². The fourth-order valence-electron chi connectivity index (χ4n) is 2.80. The molecule has 0 saturated carbocycles. The topological polar surface area (TPSA) is 103 Å². The molecule has 3 rings (SSSR count). The quantitative estimate of drug-likeness (QED) is 0.638. The number of hydrogen-bond donors (Lipinski definition) is 3. The summed E-state index contributed by atoms with van der Waals surface area (Å²) in [4.78, 5) is 10.8. The number of nitrogens with one attached hydrogen (secondary N) is 2. The zero-order chi connectivity index (χ0) is 17.6. The molecule has 0 bridgehead atoms. The van der Waals surface area contributed by atoms with Crippen LogP contribution in [0.2, 0.25) is 0 Å². The minimum absolute atomic E-state index is 0.314. The van der Waals surface area contributed by atoms with Gasteiger partial charge in [-0.05, 0) is 37.7 Å². The lowest BCUT2D eigenvalue weighted by Crippen LogP contribution is -2.57. The van der Waals surface area contributed by atoms with Crippen LogP contribution >= 0.6 is 0 Å². The summed E-state index contributed by atoms with van der Waals surface area (Å²) < 4.78 is 0. The maximum Gasteiger partial charge on any atom is 0.222 e. The first kappa shape index (κ1) is 17.1. The maximum atomic E-state index is 8.81. The largest absolute Gasteiger partial charge is 0.368 e. The van der Waals surface area contributed by atoms with Crippen LogP contribution in [0.5, 0.6) is 0 Å². The molecule has 0 unspecified atom stereocenters. The minimum atomic E-state index is 0.314. The van der Waals surface area contributed by atoms with Gasteiger partial charge in [-0.3, -0.25) is 0 Å². The van der Waals surface area contributed by atoms with Gasteiger partial charge in [0.05, 0.1) is 17.3 Å². The molecule has 0 atom stereocenters. The summed E-state index contributed by atoms with van der Waals surface area (Å²) in [7, 11) is 1.97. The third-order valence-electron chi connectivity index (χ3n) is 4.38. The van der Waals surface area contributed by atoms with Crippen LogP contribution in [0.4, 0.5) is 11.8 Å². The second kappa shape index (κ2) is 7.92. The standard InChI is InChI=1S/C18H23N7/c1-21-16-11-25(12-16)17-8-15(23-18(20)24-17)10-22-7-6-13-2-4-14(9-19)5-3-13/h2-5,8,16,21-22H,6-7,10-12H2,1H3,(H2,20,23,24). The Balaban J connectivity index is 1.49. The SMILES string of the molecule is CNC1CN(c2cc(CNCCc3ccc(C#N)cc3)nc(N)n2)C1. The Labute approximate surface area is 147 Å². The molecule has 4 N–H and O–H groups in total. The van der Waals surface area contributed by atoms with Crippen LogP contribution in [0.15, 0.2) is 30.3 Å². The number of nitrogens with zero attached hydrogens (tertiary/aromatic N) is 4. The van der Waals surface area contributed by atoms with E-state index in [0.717, 1.165) is 37.6 Å². The number of benzene rings is 1. The van der Waals surface area contributed by atoms with Crippen LogP contribution in [0.1, 0.15) is 16.8 Å². The summed E-state index contributed by atoms with van der Waals surface area (Å²) in [5.74, 6) is 1.21. The molecule has 0 radical (unpaired) electrons. The predicted molar refractivity (Wildman–Crippen MR) is 98.1 cm³/mol. The van der Waals surface area contributed by atoms with Crippen LogP contribution in [0, 0.1) is 11.3 Å². The Hall–Kier alpha value is -2.69. The highest BCUT2D eigenvalue weighted by Crippen LogP contribution is 2.20. The number of likely N-dealkylation sites (N-methyl/N-ethyl adjacent to an activating group) is 1. The Morgan fingerprint density at radius 1 is 1.28 bits per heavy atom. The Kier molecular flexibility index (Phi) is 5.43. The fourth-order valence-corrected chi connectivity index (χ4v) is 2.80. The highest BCUT2D eigenvalue weighted by atomic mass is 15.3. The van der Waals surface area contributed by atoms with Crippen molar-refractivity contribution in [1.29, 1.82) is 5.26 Å².